The third kappa shape index (κ3) is 2.13. The van der Waals surface area contributed by atoms with Gasteiger partial charge in [0, 0.05) is 17.3 Å². The molecule has 0 radical (unpaired) electrons. The van der Waals surface area contributed by atoms with Crippen molar-refractivity contribution in [2.24, 2.45) is 0 Å². The van der Waals surface area contributed by atoms with Crippen molar-refractivity contribution in [3.8, 4) is 33.9 Å². The fraction of sp³-hybridized carbons (Fsp3) is 0.0526. The van der Waals surface area contributed by atoms with E-state index < -0.39 is 0 Å². The lowest BCUT2D eigenvalue weighted by Gasteiger charge is -2.09. The number of fused-ring (bicyclic) bond motifs is 2. The standard InChI is InChI=1S/C19H12N2O2S/c1-2-14(12-3-5-15-18(9-12)24-10-21-15)19(20-7-1)13-4-6-16-17(8-13)23-11-22-16/h1-10H,11H2. The van der Waals surface area contributed by atoms with E-state index in [9.17, 15) is 0 Å². The molecule has 0 saturated carbocycles. The van der Waals surface area contributed by atoms with Crippen molar-refractivity contribution >= 4 is 21.6 Å². The third-order valence-corrected chi connectivity index (χ3v) is 4.89. The molecule has 0 atom stereocenters. The molecule has 116 valence electrons. The molecular formula is C19H12N2O2S. The number of thiazole rings is 1. The Hall–Kier alpha value is -2.92. The molecule has 4 nitrogen and oxygen atoms in total. The molecule has 0 aliphatic carbocycles. The number of nitrogens with zero attached hydrogens (tertiary/aromatic N) is 2. The first kappa shape index (κ1) is 13.5. The summed E-state index contributed by atoms with van der Waals surface area (Å²) < 4.78 is 12.1. The van der Waals surface area contributed by atoms with E-state index in [2.05, 4.69) is 34.2 Å². The maximum atomic E-state index is 5.50. The van der Waals surface area contributed by atoms with Crippen LogP contribution in [0.4, 0.5) is 0 Å². The Morgan fingerprint density at radius 3 is 2.79 bits per heavy atom. The van der Waals surface area contributed by atoms with Gasteiger partial charge in [0.05, 0.1) is 21.4 Å². The number of ether oxygens (including phenoxy) is 2. The van der Waals surface area contributed by atoms with Gasteiger partial charge in [-0.2, -0.15) is 0 Å². The quantitative estimate of drug-likeness (QED) is 0.531. The Kier molecular flexibility index (Phi) is 2.99. The van der Waals surface area contributed by atoms with Crippen LogP contribution >= 0.6 is 11.3 Å². The minimum absolute atomic E-state index is 0.274. The van der Waals surface area contributed by atoms with Crippen molar-refractivity contribution in [2.45, 2.75) is 0 Å². The first-order valence-electron chi connectivity index (χ1n) is 7.57. The van der Waals surface area contributed by atoms with E-state index in [0.29, 0.717) is 0 Å². The van der Waals surface area contributed by atoms with Gasteiger partial charge >= 0.3 is 0 Å². The van der Waals surface area contributed by atoms with Gasteiger partial charge in [-0.05, 0) is 42.0 Å². The van der Waals surface area contributed by atoms with E-state index in [1.807, 2.05) is 36.0 Å². The smallest absolute Gasteiger partial charge is 0.231 e. The van der Waals surface area contributed by atoms with Crippen LogP contribution in [0.1, 0.15) is 0 Å². The Balaban J connectivity index is 1.67. The van der Waals surface area contributed by atoms with Crippen LogP contribution in [0.5, 0.6) is 11.5 Å². The molecule has 5 rings (SSSR count). The fourth-order valence-corrected chi connectivity index (χ4v) is 3.65. The van der Waals surface area contributed by atoms with E-state index in [0.717, 1.165) is 39.4 Å². The zero-order chi connectivity index (χ0) is 15.9. The predicted octanol–water partition coefficient (Wildman–Crippen LogP) is 4.75. The highest BCUT2D eigenvalue weighted by molar-refractivity contribution is 7.16. The van der Waals surface area contributed by atoms with Crippen LogP contribution in [-0.2, 0) is 0 Å². The Morgan fingerprint density at radius 2 is 1.79 bits per heavy atom. The molecule has 0 fully saturated rings. The monoisotopic (exact) mass is 332 g/mol. The van der Waals surface area contributed by atoms with Crippen LogP contribution in [0, 0.1) is 0 Å². The summed E-state index contributed by atoms with van der Waals surface area (Å²) in [4.78, 5) is 8.96. The van der Waals surface area contributed by atoms with Crippen LogP contribution in [0.25, 0.3) is 32.6 Å². The molecule has 3 heterocycles. The molecule has 2 aromatic carbocycles. The zero-order valence-corrected chi connectivity index (χ0v) is 13.4. The molecule has 0 unspecified atom stereocenters. The van der Waals surface area contributed by atoms with Crippen molar-refractivity contribution < 1.29 is 9.47 Å². The number of hydrogen-bond donors (Lipinski definition) is 0. The molecule has 4 aromatic rings. The van der Waals surface area contributed by atoms with Gasteiger partial charge in [-0.1, -0.05) is 12.1 Å². The van der Waals surface area contributed by atoms with Crippen molar-refractivity contribution in [3.05, 3.63) is 60.2 Å². The van der Waals surface area contributed by atoms with Gasteiger partial charge in [0.2, 0.25) is 6.79 Å². The summed E-state index contributed by atoms with van der Waals surface area (Å²) >= 11 is 1.65. The minimum Gasteiger partial charge on any atom is -0.454 e. The van der Waals surface area contributed by atoms with E-state index in [-0.39, 0.29) is 6.79 Å². The van der Waals surface area contributed by atoms with Crippen LogP contribution in [0.3, 0.4) is 0 Å². The van der Waals surface area contributed by atoms with Gasteiger partial charge < -0.3 is 9.47 Å². The second-order valence-corrected chi connectivity index (χ2v) is 6.39. The molecule has 1 aliphatic heterocycles. The second kappa shape index (κ2) is 5.32. The lowest BCUT2D eigenvalue weighted by Crippen LogP contribution is -1.93. The van der Waals surface area contributed by atoms with Gasteiger partial charge in [0.1, 0.15) is 0 Å². The molecule has 0 N–H and O–H groups in total. The van der Waals surface area contributed by atoms with Crippen LogP contribution in [-0.4, -0.2) is 16.8 Å². The molecule has 0 amide bonds. The van der Waals surface area contributed by atoms with Crippen LogP contribution in [0.15, 0.2) is 60.2 Å². The van der Waals surface area contributed by atoms with Crippen LogP contribution in [0.2, 0.25) is 0 Å². The van der Waals surface area contributed by atoms with E-state index in [1.165, 1.54) is 4.70 Å². The molecule has 24 heavy (non-hydrogen) atoms. The zero-order valence-electron chi connectivity index (χ0n) is 12.6. The molecular weight excluding hydrogens is 320 g/mol. The van der Waals surface area contributed by atoms with Crippen molar-refractivity contribution in [1.29, 1.82) is 0 Å². The molecule has 0 bridgehead atoms. The average molecular weight is 332 g/mol. The first-order valence-corrected chi connectivity index (χ1v) is 8.45. The Labute approximate surface area is 142 Å². The SMILES string of the molecule is c1cnc(-c2ccc3c(c2)OCO3)c(-c2ccc3ncsc3c2)c1. The number of pyridine rings is 1. The maximum absolute atomic E-state index is 5.50. The topological polar surface area (TPSA) is 44.2 Å². The van der Waals surface area contributed by atoms with Gasteiger partial charge in [-0.25, -0.2) is 4.98 Å². The third-order valence-electron chi connectivity index (χ3n) is 4.10. The Morgan fingerprint density at radius 1 is 0.875 bits per heavy atom. The summed E-state index contributed by atoms with van der Waals surface area (Å²) in [7, 11) is 0. The summed E-state index contributed by atoms with van der Waals surface area (Å²) in [6, 6.07) is 16.3. The Bertz CT molecular complexity index is 1060. The summed E-state index contributed by atoms with van der Waals surface area (Å²) in [5.74, 6) is 1.55. The second-order valence-electron chi connectivity index (χ2n) is 5.50. The predicted molar refractivity (Wildman–Crippen MR) is 94.4 cm³/mol. The number of benzene rings is 2. The highest BCUT2D eigenvalue weighted by atomic mass is 32.1. The maximum Gasteiger partial charge on any atom is 0.231 e. The van der Waals surface area contributed by atoms with Crippen molar-refractivity contribution in [3.63, 3.8) is 0 Å². The molecule has 2 aromatic heterocycles. The summed E-state index contributed by atoms with van der Waals surface area (Å²) in [6.07, 6.45) is 1.81. The minimum atomic E-state index is 0.274. The van der Waals surface area contributed by atoms with Crippen molar-refractivity contribution in [2.75, 3.05) is 6.79 Å². The van der Waals surface area contributed by atoms with Gasteiger partial charge in [0.25, 0.3) is 0 Å². The van der Waals surface area contributed by atoms with Crippen molar-refractivity contribution in [1.82, 2.24) is 9.97 Å². The summed E-state index contributed by atoms with van der Waals surface area (Å²) in [5.41, 5.74) is 7.06. The largest absolute Gasteiger partial charge is 0.454 e. The average Bonchev–Trinajstić information content (AvgIpc) is 3.29. The van der Waals surface area contributed by atoms with E-state index in [1.54, 1.807) is 11.3 Å². The molecule has 1 aliphatic rings. The van der Waals surface area contributed by atoms with Gasteiger partial charge in [-0.15, -0.1) is 11.3 Å². The molecule has 0 spiro atoms. The van der Waals surface area contributed by atoms with E-state index in [4.69, 9.17) is 9.47 Å². The molecule has 0 saturated heterocycles. The lowest BCUT2D eigenvalue weighted by atomic mass is 9.99. The normalized spacial score (nSPS) is 12.7. The van der Waals surface area contributed by atoms with Gasteiger partial charge in [-0.3, -0.25) is 4.98 Å². The molecule has 5 heteroatoms. The number of rotatable bonds is 2. The number of aromatic nitrogens is 2. The highest BCUT2D eigenvalue weighted by Gasteiger charge is 2.16. The highest BCUT2D eigenvalue weighted by Crippen LogP contribution is 2.38. The van der Waals surface area contributed by atoms with Crippen LogP contribution < -0.4 is 9.47 Å². The first-order chi connectivity index (χ1) is 11.9. The summed E-state index contributed by atoms with van der Waals surface area (Å²) in [5, 5.41) is 0. The number of hydrogen-bond acceptors (Lipinski definition) is 5. The summed E-state index contributed by atoms with van der Waals surface area (Å²) in [6.45, 7) is 0.274. The lowest BCUT2D eigenvalue weighted by molar-refractivity contribution is 0.174. The van der Waals surface area contributed by atoms with Gasteiger partial charge in [0.15, 0.2) is 11.5 Å². The van der Waals surface area contributed by atoms with E-state index >= 15 is 0 Å². The fourth-order valence-electron chi connectivity index (χ4n) is 2.93.